The van der Waals surface area contributed by atoms with Crippen molar-refractivity contribution in [1.29, 1.82) is 0 Å². The Morgan fingerprint density at radius 2 is 2.00 bits per heavy atom. The lowest BCUT2D eigenvalue weighted by Crippen LogP contribution is -2.53. The Morgan fingerprint density at radius 1 is 1.28 bits per heavy atom. The van der Waals surface area contributed by atoms with Crippen LogP contribution in [0.5, 0.6) is 0 Å². The summed E-state index contributed by atoms with van der Waals surface area (Å²) in [6, 6.07) is 1.96. The van der Waals surface area contributed by atoms with Gasteiger partial charge in [0.15, 0.2) is 5.13 Å². The van der Waals surface area contributed by atoms with Gasteiger partial charge in [-0.3, -0.25) is 14.3 Å². The van der Waals surface area contributed by atoms with Crippen LogP contribution in [0.3, 0.4) is 0 Å². The van der Waals surface area contributed by atoms with Gasteiger partial charge in [0.2, 0.25) is 0 Å². The number of hydrogen-bond donors (Lipinski definition) is 1. The van der Waals surface area contributed by atoms with Crippen molar-refractivity contribution in [2.75, 3.05) is 19.6 Å². The molecule has 1 aliphatic rings. The molecule has 0 spiro atoms. The van der Waals surface area contributed by atoms with Crippen molar-refractivity contribution in [2.45, 2.75) is 52.5 Å². The average Bonchev–Trinajstić information content (AvgIpc) is 3.21. The van der Waals surface area contributed by atoms with E-state index in [2.05, 4.69) is 33.6 Å². The summed E-state index contributed by atoms with van der Waals surface area (Å²) in [5, 5.41) is 6.01. The van der Waals surface area contributed by atoms with Crippen LogP contribution in [-0.2, 0) is 0 Å². The van der Waals surface area contributed by atoms with Gasteiger partial charge in [0.05, 0.1) is 5.56 Å². The molecule has 25 heavy (non-hydrogen) atoms. The van der Waals surface area contributed by atoms with Crippen molar-refractivity contribution >= 4 is 17.2 Å². The van der Waals surface area contributed by atoms with Gasteiger partial charge >= 0.3 is 0 Å². The molecule has 3 rings (SSSR count). The third-order valence-electron chi connectivity index (χ3n) is 5.18. The van der Waals surface area contributed by atoms with Crippen molar-refractivity contribution in [2.24, 2.45) is 0 Å². The van der Waals surface area contributed by atoms with Gasteiger partial charge in [-0.1, -0.05) is 6.42 Å². The fourth-order valence-corrected chi connectivity index (χ4v) is 4.37. The molecule has 136 valence electrons. The van der Waals surface area contributed by atoms with E-state index in [1.807, 2.05) is 25.3 Å². The van der Waals surface area contributed by atoms with E-state index in [1.54, 1.807) is 17.5 Å². The highest BCUT2D eigenvalue weighted by molar-refractivity contribution is 7.12. The second-order valence-electron chi connectivity index (χ2n) is 7.48. The molecule has 1 aliphatic heterocycles. The summed E-state index contributed by atoms with van der Waals surface area (Å²) in [5.41, 5.74) is 2.70. The Morgan fingerprint density at radius 3 is 2.64 bits per heavy atom. The number of amides is 1. The van der Waals surface area contributed by atoms with Crippen LogP contribution < -0.4 is 5.32 Å². The quantitative estimate of drug-likeness (QED) is 0.887. The molecule has 0 atom stereocenters. The summed E-state index contributed by atoms with van der Waals surface area (Å²) >= 11 is 1.58. The molecule has 0 aromatic carbocycles. The number of nitrogens with zero attached hydrogens (tertiary/aromatic N) is 3. The molecule has 2 aromatic heterocycles. The summed E-state index contributed by atoms with van der Waals surface area (Å²) in [4.78, 5) is 19.6. The molecule has 2 aromatic rings. The third kappa shape index (κ3) is 3.80. The summed E-state index contributed by atoms with van der Waals surface area (Å²) in [6.45, 7) is 11.4. The van der Waals surface area contributed by atoms with Crippen molar-refractivity contribution in [1.82, 2.24) is 19.8 Å². The number of piperidine rings is 1. The SMILES string of the molecule is Cc1cc(C(=O)NCC(C)(C)N2CCCCC2)c(C)n1-c1nccs1. The third-order valence-corrected chi connectivity index (χ3v) is 5.94. The minimum Gasteiger partial charge on any atom is -0.350 e. The van der Waals surface area contributed by atoms with Gasteiger partial charge < -0.3 is 5.32 Å². The van der Waals surface area contributed by atoms with Crippen LogP contribution in [0, 0.1) is 13.8 Å². The summed E-state index contributed by atoms with van der Waals surface area (Å²) < 4.78 is 2.05. The van der Waals surface area contributed by atoms with Gasteiger partial charge in [0, 0.05) is 35.0 Å². The van der Waals surface area contributed by atoms with E-state index in [1.165, 1.54) is 19.3 Å². The Bertz CT molecular complexity index is 727. The smallest absolute Gasteiger partial charge is 0.253 e. The maximum atomic E-state index is 12.8. The van der Waals surface area contributed by atoms with Crippen LogP contribution in [0.15, 0.2) is 17.6 Å². The van der Waals surface area contributed by atoms with Crippen LogP contribution in [-0.4, -0.2) is 45.5 Å². The number of nitrogens with one attached hydrogen (secondary N) is 1. The Kier molecular flexibility index (Phi) is 5.29. The van der Waals surface area contributed by atoms with Gasteiger partial charge in [0.1, 0.15) is 0 Å². The molecule has 1 saturated heterocycles. The minimum atomic E-state index is -0.0170. The Balaban J connectivity index is 1.70. The molecule has 1 fully saturated rings. The van der Waals surface area contributed by atoms with Gasteiger partial charge in [-0.15, -0.1) is 11.3 Å². The summed E-state index contributed by atoms with van der Waals surface area (Å²) in [5.74, 6) is 0.000917. The second-order valence-corrected chi connectivity index (χ2v) is 8.35. The van der Waals surface area contributed by atoms with E-state index in [4.69, 9.17) is 0 Å². The molecule has 3 heterocycles. The van der Waals surface area contributed by atoms with Crippen molar-refractivity contribution in [3.05, 3.63) is 34.6 Å². The van der Waals surface area contributed by atoms with Crippen LogP contribution in [0.25, 0.3) is 5.13 Å². The zero-order chi connectivity index (χ0) is 18.0. The van der Waals surface area contributed by atoms with E-state index in [-0.39, 0.29) is 11.4 Å². The van der Waals surface area contributed by atoms with Crippen LogP contribution in [0.2, 0.25) is 0 Å². The van der Waals surface area contributed by atoms with Crippen LogP contribution >= 0.6 is 11.3 Å². The second kappa shape index (κ2) is 7.30. The van der Waals surface area contributed by atoms with Crippen molar-refractivity contribution < 1.29 is 4.79 Å². The molecular weight excluding hydrogens is 332 g/mol. The van der Waals surface area contributed by atoms with Crippen LogP contribution in [0.4, 0.5) is 0 Å². The number of hydrogen-bond acceptors (Lipinski definition) is 4. The maximum absolute atomic E-state index is 12.8. The largest absolute Gasteiger partial charge is 0.350 e. The predicted molar refractivity (Wildman–Crippen MR) is 103 cm³/mol. The number of carbonyl (C=O) groups is 1. The zero-order valence-corrected chi connectivity index (χ0v) is 16.4. The first-order valence-electron chi connectivity index (χ1n) is 9.02. The van der Waals surface area contributed by atoms with Gasteiger partial charge in [-0.25, -0.2) is 4.98 Å². The lowest BCUT2D eigenvalue weighted by Gasteiger charge is -2.41. The van der Waals surface area contributed by atoms with E-state index in [0.29, 0.717) is 6.54 Å². The first kappa shape index (κ1) is 18.1. The first-order valence-corrected chi connectivity index (χ1v) is 9.90. The molecular formula is C19H28N4OS. The number of aromatic nitrogens is 2. The Labute approximate surface area is 154 Å². The monoisotopic (exact) mass is 360 g/mol. The van der Waals surface area contributed by atoms with E-state index >= 15 is 0 Å². The molecule has 5 nitrogen and oxygen atoms in total. The number of aryl methyl sites for hydroxylation is 1. The minimum absolute atomic E-state index is 0.000917. The van der Waals surface area contributed by atoms with E-state index < -0.39 is 0 Å². The fourth-order valence-electron chi connectivity index (χ4n) is 3.62. The molecule has 0 aliphatic carbocycles. The van der Waals surface area contributed by atoms with Crippen molar-refractivity contribution in [3.8, 4) is 5.13 Å². The van der Waals surface area contributed by atoms with Crippen molar-refractivity contribution in [3.63, 3.8) is 0 Å². The highest BCUT2D eigenvalue weighted by Crippen LogP contribution is 2.23. The standard InChI is InChI=1S/C19H28N4OS/c1-14-12-16(15(2)23(14)18-20-8-11-25-18)17(24)21-13-19(3,4)22-9-6-5-7-10-22/h8,11-12H,5-7,9-10,13H2,1-4H3,(H,21,24). The summed E-state index contributed by atoms with van der Waals surface area (Å²) in [6.07, 6.45) is 5.63. The molecule has 0 unspecified atom stereocenters. The lowest BCUT2D eigenvalue weighted by atomic mass is 9.98. The molecule has 0 saturated carbocycles. The molecule has 1 amide bonds. The highest BCUT2D eigenvalue weighted by Gasteiger charge is 2.29. The number of carbonyl (C=O) groups excluding carboxylic acids is 1. The van der Waals surface area contributed by atoms with Gasteiger partial charge in [0.25, 0.3) is 5.91 Å². The van der Waals surface area contributed by atoms with Gasteiger partial charge in [-0.05, 0) is 59.7 Å². The molecule has 0 radical (unpaired) electrons. The predicted octanol–water partition coefficient (Wildman–Crippen LogP) is 3.54. The average molecular weight is 361 g/mol. The highest BCUT2D eigenvalue weighted by atomic mass is 32.1. The number of rotatable bonds is 5. The van der Waals surface area contributed by atoms with E-state index in [9.17, 15) is 4.79 Å². The topological polar surface area (TPSA) is 50.2 Å². The molecule has 6 heteroatoms. The lowest BCUT2D eigenvalue weighted by molar-refractivity contribution is 0.0797. The van der Waals surface area contributed by atoms with Gasteiger partial charge in [-0.2, -0.15) is 0 Å². The summed E-state index contributed by atoms with van der Waals surface area (Å²) in [7, 11) is 0. The number of likely N-dealkylation sites (tertiary alicyclic amines) is 1. The van der Waals surface area contributed by atoms with E-state index in [0.717, 1.165) is 35.2 Å². The zero-order valence-electron chi connectivity index (χ0n) is 15.6. The normalized spacial score (nSPS) is 16.2. The molecule has 1 N–H and O–H groups in total. The fraction of sp³-hybridized carbons (Fsp3) is 0.579. The number of thiazole rings is 1. The maximum Gasteiger partial charge on any atom is 0.253 e. The Hall–Kier alpha value is -1.66. The van der Waals surface area contributed by atoms with Crippen LogP contribution in [0.1, 0.15) is 54.9 Å². The first-order chi connectivity index (χ1) is 11.9. The molecule has 0 bridgehead atoms.